The number of amides is 2. The van der Waals surface area contributed by atoms with E-state index in [4.69, 9.17) is 9.31 Å². The Morgan fingerprint density at radius 2 is 2.05 bits per heavy atom. The fourth-order valence-electron chi connectivity index (χ4n) is 6.93. The number of carbonyl (C=O) groups is 2. The lowest BCUT2D eigenvalue weighted by Crippen LogP contribution is -2.65. The molecule has 7 atom stereocenters. The third-order valence-corrected chi connectivity index (χ3v) is 9.32. The highest BCUT2D eigenvalue weighted by Gasteiger charge is 2.68. The van der Waals surface area contributed by atoms with Gasteiger partial charge < -0.3 is 19.9 Å². The fraction of sp³-hybridized carbons (Fsp3) is 0.875. The van der Waals surface area contributed by atoms with E-state index in [-0.39, 0.29) is 35.6 Å². The molecule has 1 aromatic heterocycles. The Bertz CT molecular complexity index is 1120. The quantitative estimate of drug-likeness (QED) is 0.0635. The van der Waals surface area contributed by atoms with Gasteiger partial charge >= 0.3 is 7.12 Å². The van der Waals surface area contributed by atoms with Gasteiger partial charge in [-0.05, 0) is 73.9 Å². The van der Waals surface area contributed by atoms with E-state index < -0.39 is 41.9 Å². The summed E-state index contributed by atoms with van der Waals surface area (Å²) in [7, 11) is -0.585. The van der Waals surface area contributed by atoms with Gasteiger partial charge in [-0.25, -0.2) is 10.1 Å². The van der Waals surface area contributed by atoms with Crippen molar-refractivity contribution in [2.75, 3.05) is 6.54 Å². The molecule has 16 nitrogen and oxygen atoms in total. The third kappa shape index (κ3) is 6.17. The molecule has 3 aliphatic carbocycles. The number of tetrazole rings is 1. The van der Waals surface area contributed by atoms with Crippen molar-refractivity contribution in [3.63, 3.8) is 0 Å². The monoisotopic (exact) mass is 576 g/mol. The summed E-state index contributed by atoms with van der Waals surface area (Å²) in [4.78, 5) is 37.2. The van der Waals surface area contributed by atoms with Gasteiger partial charge in [0.2, 0.25) is 18.1 Å². The van der Waals surface area contributed by atoms with Crippen molar-refractivity contribution in [1.82, 2.24) is 47.1 Å². The summed E-state index contributed by atoms with van der Waals surface area (Å²) in [6.07, 6.45) is 2.81. The highest BCUT2D eigenvalue weighted by molar-refractivity contribution is 6.47. The molecule has 0 radical (unpaired) electrons. The number of nitrogens with zero attached hydrogens (tertiary/aromatic N) is 5. The molecular formula is C24H41BN10O6. The molecule has 0 spiro atoms. The van der Waals surface area contributed by atoms with Crippen molar-refractivity contribution < 1.29 is 23.9 Å². The average molecular weight is 576 g/mol. The van der Waals surface area contributed by atoms with Crippen LogP contribution in [0.4, 0.5) is 0 Å². The van der Waals surface area contributed by atoms with E-state index in [0.717, 1.165) is 18.0 Å². The second-order valence-electron chi connectivity index (χ2n) is 12.9. The molecular weight excluding hydrogens is 535 g/mol. The maximum Gasteiger partial charge on any atom is 0.481 e. The van der Waals surface area contributed by atoms with E-state index >= 15 is 0 Å². The van der Waals surface area contributed by atoms with Crippen molar-refractivity contribution >= 4 is 18.9 Å². The van der Waals surface area contributed by atoms with E-state index in [2.05, 4.69) is 76.6 Å². The highest BCUT2D eigenvalue weighted by atomic mass is 16.7. The van der Waals surface area contributed by atoms with E-state index in [9.17, 15) is 19.7 Å². The predicted molar refractivity (Wildman–Crippen MR) is 144 cm³/mol. The topological polar surface area (TPSA) is 211 Å². The van der Waals surface area contributed by atoms with Crippen molar-refractivity contribution in [3.05, 3.63) is 15.9 Å². The van der Waals surface area contributed by atoms with E-state index in [1.165, 1.54) is 0 Å². The Kier molecular flexibility index (Phi) is 8.24. The molecule has 2 aliphatic heterocycles. The first-order valence-corrected chi connectivity index (χ1v) is 14.5. The molecule has 1 aromatic rings. The minimum absolute atomic E-state index is 0.0119. The maximum absolute atomic E-state index is 13.7. The molecule has 3 heterocycles. The molecule has 1 unspecified atom stereocenters. The van der Waals surface area contributed by atoms with Crippen LogP contribution in [0.1, 0.15) is 72.5 Å². The number of hydrogen-bond acceptors (Lipinski definition) is 11. The molecule has 5 aliphatic rings. The molecule has 0 aromatic carbocycles. The molecule has 17 heteroatoms. The standard InChI is InChI=1S/C24H41BN10O6/c1-13(2)9-18(25-40-17-11-14-10-16(23(14,3)4)24(17,5)41-25)28-21(37)15(27-20(36)12-19-29-32-33-30-19)7-6-8-26-22-31-34(22)35(38)39/h13-18,22,26,31H,6-12H2,1-5H3,(H,27,36)(H,28,37)(H,29,30,32,33)/t14-,15-,16-,17+,18-,22?,24-,34?/m0/s1. The van der Waals surface area contributed by atoms with Crippen molar-refractivity contribution in [2.24, 2.45) is 23.2 Å². The van der Waals surface area contributed by atoms with Crippen LogP contribution >= 0.6 is 0 Å². The lowest BCUT2D eigenvalue weighted by atomic mass is 9.43. The van der Waals surface area contributed by atoms with Gasteiger partial charge in [0.25, 0.3) is 0 Å². The number of hydrogen-bond donors (Lipinski definition) is 5. The summed E-state index contributed by atoms with van der Waals surface area (Å²) in [6, 6.07) is -0.851. The van der Waals surface area contributed by atoms with Crippen LogP contribution in [0.3, 0.4) is 0 Å². The van der Waals surface area contributed by atoms with Crippen molar-refractivity contribution in [2.45, 2.75) is 103 Å². The number of aromatic amines is 1. The SMILES string of the molecule is CC(C)C[C@H](NC(=O)[C@H](CCCNC1NN1[N+](=O)[O-])NC(=O)Cc1nn[nH]n1)B1O[C@@H]2C[C@@H]3C[C@@H](C3(C)C)[C@]2(C)O1. The number of nitrogens with one attached hydrogen (secondary N) is 5. The number of rotatable bonds is 14. The van der Waals surface area contributed by atoms with Crippen LogP contribution < -0.4 is 21.4 Å². The van der Waals surface area contributed by atoms with Gasteiger partial charge in [0.15, 0.2) is 10.9 Å². The number of aromatic nitrogens is 4. The van der Waals surface area contributed by atoms with Crippen LogP contribution in [0, 0.1) is 33.3 Å². The molecule has 2 saturated heterocycles. The van der Waals surface area contributed by atoms with Crippen molar-refractivity contribution in [1.29, 1.82) is 0 Å². The van der Waals surface area contributed by atoms with Gasteiger partial charge in [0, 0.05) is 0 Å². The third-order valence-electron chi connectivity index (χ3n) is 9.32. The largest absolute Gasteiger partial charge is 0.481 e. The lowest BCUT2D eigenvalue weighted by Gasteiger charge is -2.64. The minimum Gasteiger partial charge on any atom is -0.404 e. The summed E-state index contributed by atoms with van der Waals surface area (Å²) in [6.45, 7) is 11.3. The number of hydrazine groups is 2. The summed E-state index contributed by atoms with van der Waals surface area (Å²) in [5.41, 5.74) is 2.37. The normalized spacial score (nSPS) is 30.8. The molecule has 2 bridgehead atoms. The van der Waals surface area contributed by atoms with E-state index in [0.29, 0.717) is 37.6 Å². The van der Waals surface area contributed by atoms with Gasteiger partial charge in [0.1, 0.15) is 6.04 Å². The van der Waals surface area contributed by atoms with Crippen LogP contribution in [0.25, 0.3) is 0 Å². The van der Waals surface area contributed by atoms with Crippen LogP contribution in [-0.2, 0) is 25.3 Å². The number of H-pyrrole nitrogens is 1. The molecule has 5 fully saturated rings. The van der Waals surface area contributed by atoms with Crippen LogP contribution in [0.2, 0.25) is 0 Å². The Labute approximate surface area is 239 Å². The van der Waals surface area contributed by atoms with E-state index in [1.807, 2.05) is 0 Å². The Hall–Kier alpha value is -2.89. The van der Waals surface area contributed by atoms with E-state index in [1.54, 1.807) is 0 Å². The first-order chi connectivity index (χ1) is 19.4. The molecule has 41 heavy (non-hydrogen) atoms. The van der Waals surface area contributed by atoms with Crippen LogP contribution in [0.15, 0.2) is 0 Å². The second kappa shape index (κ2) is 11.4. The second-order valence-corrected chi connectivity index (χ2v) is 12.9. The number of carbonyl (C=O) groups excluding carboxylic acids is 2. The summed E-state index contributed by atoms with van der Waals surface area (Å²) in [5, 5.41) is 33.4. The molecule has 226 valence electrons. The summed E-state index contributed by atoms with van der Waals surface area (Å²) < 4.78 is 13.2. The zero-order chi connectivity index (χ0) is 29.5. The number of nitro groups is 1. The zero-order valence-corrected chi connectivity index (χ0v) is 24.3. The molecule has 2 amide bonds. The Morgan fingerprint density at radius 3 is 2.68 bits per heavy atom. The van der Waals surface area contributed by atoms with Gasteiger partial charge in [0.05, 0.1) is 24.1 Å². The molecule has 6 rings (SSSR count). The predicted octanol–water partition coefficient (Wildman–Crippen LogP) is -0.309. The zero-order valence-electron chi connectivity index (χ0n) is 24.3. The maximum atomic E-state index is 13.7. The lowest BCUT2D eigenvalue weighted by molar-refractivity contribution is -0.627. The molecule has 5 N–H and O–H groups in total. The fourth-order valence-corrected chi connectivity index (χ4v) is 6.93. The summed E-state index contributed by atoms with van der Waals surface area (Å²) in [5.74, 6) is 0.328. The van der Waals surface area contributed by atoms with Crippen molar-refractivity contribution in [3.8, 4) is 0 Å². The van der Waals surface area contributed by atoms with Gasteiger partial charge in [-0.3, -0.25) is 14.9 Å². The van der Waals surface area contributed by atoms with Gasteiger partial charge in [-0.1, -0.05) is 32.9 Å². The average Bonchev–Trinajstić information content (AvgIpc) is 3.31. The Balaban J connectivity index is 1.22. The summed E-state index contributed by atoms with van der Waals surface area (Å²) >= 11 is 0. The Morgan fingerprint density at radius 1 is 1.27 bits per heavy atom. The smallest absolute Gasteiger partial charge is 0.404 e. The van der Waals surface area contributed by atoms with Gasteiger partial charge in [-0.2, -0.15) is 5.21 Å². The first kappa shape index (κ1) is 29.6. The minimum atomic E-state index is -0.851. The van der Waals surface area contributed by atoms with Gasteiger partial charge in [-0.15, -0.1) is 15.6 Å². The molecule has 3 saturated carbocycles. The van der Waals surface area contributed by atoms with Crippen LogP contribution in [-0.4, -0.2) is 86.2 Å². The highest BCUT2D eigenvalue weighted by Crippen LogP contribution is 2.65. The first-order valence-electron chi connectivity index (χ1n) is 14.5. The van der Waals surface area contributed by atoms with Crippen LogP contribution in [0.5, 0.6) is 0 Å².